The molecule has 1 heterocycles. The zero-order valence-corrected chi connectivity index (χ0v) is 12.4. The lowest BCUT2D eigenvalue weighted by atomic mass is 10.1. The van der Waals surface area contributed by atoms with E-state index in [-0.39, 0.29) is 5.69 Å². The Hall–Kier alpha value is -2.66. The minimum absolute atomic E-state index is 0.0945. The van der Waals surface area contributed by atoms with Gasteiger partial charge in [0.05, 0.1) is 5.69 Å². The third kappa shape index (κ3) is 2.46. The highest BCUT2D eigenvalue weighted by molar-refractivity contribution is 6.31. The summed E-state index contributed by atoms with van der Waals surface area (Å²) in [6.45, 7) is 1.90. The van der Waals surface area contributed by atoms with Gasteiger partial charge in [-0.15, -0.1) is 5.10 Å². The summed E-state index contributed by atoms with van der Waals surface area (Å²) in [5.74, 6) is -1.12. The van der Waals surface area contributed by atoms with Crippen LogP contribution in [0.15, 0.2) is 48.5 Å². The van der Waals surface area contributed by atoms with Crippen LogP contribution in [0.1, 0.15) is 16.1 Å². The Labute approximate surface area is 131 Å². The van der Waals surface area contributed by atoms with E-state index in [9.17, 15) is 9.90 Å². The van der Waals surface area contributed by atoms with Gasteiger partial charge in [0.2, 0.25) is 0 Å². The van der Waals surface area contributed by atoms with Gasteiger partial charge >= 0.3 is 5.97 Å². The van der Waals surface area contributed by atoms with E-state index in [1.54, 1.807) is 6.07 Å². The molecule has 0 amide bonds. The summed E-state index contributed by atoms with van der Waals surface area (Å²) in [5, 5.41) is 17.7. The molecule has 3 rings (SSSR count). The maximum atomic E-state index is 11.4. The number of nitrogens with zero attached hydrogens (tertiary/aromatic N) is 3. The maximum absolute atomic E-state index is 11.4. The molecule has 0 atom stereocenters. The van der Waals surface area contributed by atoms with Gasteiger partial charge in [0, 0.05) is 10.6 Å². The highest BCUT2D eigenvalue weighted by Crippen LogP contribution is 2.27. The molecule has 0 saturated heterocycles. The summed E-state index contributed by atoms with van der Waals surface area (Å²) < 4.78 is 1.49. The Morgan fingerprint density at radius 3 is 2.55 bits per heavy atom. The van der Waals surface area contributed by atoms with Crippen LogP contribution in [0.4, 0.5) is 0 Å². The summed E-state index contributed by atoms with van der Waals surface area (Å²) in [6.07, 6.45) is 0. The number of carboxylic acid groups (broad SMARTS) is 1. The van der Waals surface area contributed by atoms with Crippen LogP contribution in [0.3, 0.4) is 0 Å². The predicted octanol–water partition coefficient (Wildman–Crippen LogP) is 3.59. The molecule has 6 heteroatoms. The summed E-state index contributed by atoms with van der Waals surface area (Å²) in [7, 11) is 0. The van der Waals surface area contributed by atoms with Gasteiger partial charge in [0.15, 0.2) is 5.69 Å². The van der Waals surface area contributed by atoms with Gasteiger partial charge in [-0.1, -0.05) is 53.2 Å². The molecular formula is C16H12ClN3O2. The first kappa shape index (κ1) is 14.3. The number of hydrogen-bond donors (Lipinski definition) is 1. The second-order valence-corrected chi connectivity index (χ2v) is 5.21. The standard InChI is InChI=1S/C16H12ClN3O2/c1-10-7-8-12(9-13(10)17)20-15(11-5-3-2-4-6-11)14(16(21)22)18-19-20/h2-9H,1H3,(H,21,22). The van der Waals surface area contributed by atoms with E-state index in [2.05, 4.69) is 10.3 Å². The van der Waals surface area contributed by atoms with Gasteiger partial charge in [-0.25, -0.2) is 9.48 Å². The van der Waals surface area contributed by atoms with Gasteiger partial charge in [-0.3, -0.25) is 0 Å². The fourth-order valence-electron chi connectivity index (χ4n) is 2.18. The van der Waals surface area contributed by atoms with Crippen molar-refractivity contribution in [3.63, 3.8) is 0 Å². The number of benzene rings is 2. The van der Waals surface area contributed by atoms with Crippen molar-refractivity contribution in [2.75, 3.05) is 0 Å². The summed E-state index contributed by atoms with van der Waals surface area (Å²) >= 11 is 6.15. The number of aryl methyl sites for hydroxylation is 1. The lowest BCUT2D eigenvalue weighted by molar-refractivity contribution is 0.0691. The second kappa shape index (κ2) is 5.61. The number of rotatable bonds is 3. The Morgan fingerprint density at radius 2 is 1.91 bits per heavy atom. The van der Waals surface area contributed by atoms with Crippen molar-refractivity contribution in [3.05, 3.63) is 64.8 Å². The molecule has 0 unspecified atom stereocenters. The zero-order valence-electron chi connectivity index (χ0n) is 11.7. The SMILES string of the molecule is Cc1ccc(-n2nnc(C(=O)O)c2-c2ccccc2)cc1Cl. The summed E-state index contributed by atoms with van der Waals surface area (Å²) in [5.41, 5.74) is 2.65. The van der Waals surface area contributed by atoms with Crippen LogP contribution in [-0.2, 0) is 0 Å². The number of carbonyl (C=O) groups is 1. The Bertz CT molecular complexity index is 844. The molecule has 0 spiro atoms. The van der Waals surface area contributed by atoms with E-state index in [0.717, 1.165) is 11.1 Å². The monoisotopic (exact) mass is 313 g/mol. The predicted molar refractivity (Wildman–Crippen MR) is 83.5 cm³/mol. The minimum atomic E-state index is -1.12. The number of carboxylic acids is 1. The Morgan fingerprint density at radius 1 is 1.18 bits per heavy atom. The Kier molecular flexibility index (Phi) is 3.65. The van der Waals surface area contributed by atoms with Crippen LogP contribution in [0.2, 0.25) is 5.02 Å². The molecule has 0 aliphatic carbocycles. The largest absolute Gasteiger partial charge is 0.476 e. The molecule has 0 radical (unpaired) electrons. The van der Waals surface area contributed by atoms with E-state index in [4.69, 9.17) is 11.6 Å². The first-order valence-corrected chi connectivity index (χ1v) is 6.96. The fourth-order valence-corrected chi connectivity index (χ4v) is 2.35. The lowest BCUT2D eigenvalue weighted by Gasteiger charge is -2.08. The molecular weight excluding hydrogens is 302 g/mol. The topological polar surface area (TPSA) is 68.0 Å². The molecule has 0 aliphatic heterocycles. The van der Waals surface area contributed by atoms with Crippen molar-refractivity contribution < 1.29 is 9.90 Å². The molecule has 0 saturated carbocycles. The minimum Gasteiger partial charge on any atom is -0.476 e. The van der Waals surface area contributed by atoms with Crippen LogP contribution in [-0.4, -0.2) is 26.1 Å². The molecule has 0 aliphatic rings. The van der Waals surface area contributed by atoms with Crippen LogP contribution >= 0.6 is 11.6 Å². The third-order valence-electron chi connectivity index (χ3n) is 3.32. The summed E-state index contributed by atoms with van der Waals surface area (Å²) in [6, 6.07) is 14.6. The van der Waals surface area contributed by atoms with Gasteiger partial charge < -0.3 is 5.11 Å². The molecule has 5 nitrogen and oxygen atoms in total. The average Bonchev–Trinajstić information content (AvgIpc) is 2.96. The lowest BCUT2D eigenvalue weighted by Crippen LogP contribution is -2.03. The second-order valence-electron chi connectivity index (χ2n) is 4.80. The van der Waals surface area contributed by atoms with Crippen molar-refractivity contribution in [2.24, 2.45) is 0 Å². The number of aromatic nitrogens is 3. The van der Waals surface area contributed by atoms with E-state index in [0.29, 0.717) is 16.4 Å². The van der Waals surface area contributed by atoms with Crippen LogP contribution in [0.25, 0.3) is 16.9 Å². The quantitative estimate of drug-likeness (QED) is 0.802. The van der Waals surface area contributed by atoms with Crippen molar-refractivity contribution in [1.29, 1.82) is 0 Å². The Balaban J connectivity index is 2.24. The van der Waals surface area contributed by atoms with Crippen LogP contribution < -0.4 is 0 Å². The molecule has 0 fully saturated rings. The van der Waals surface area contributed by atoms with Gasteiger partial charge in [-0.2, -0.15) is 0 Å². The molecule has 1 aromatic heterocycles. The van der Waals surface area contributed by atoms with E-state index >= 15 is 0 Å². The highest BCUT2D eigenvalue weighted by Gasteiger charge is 2.21. The van der Waals surface area contributed by atoms with Gasteiger partial charge in [0.25, 0.3) is 0 Å². The molecule has 3 aromatic rings. The molecule has 0 bridgehead atoms. The van der Waals surface area contributed by atoms with E-state index in [1.165, 1.54) is 4.68 Å². The number of aromatic carboxylic acids is 1. The number of halogens is 1. The fraction of sp³-hybridized carbons (Fsp3) is 0.0625. The normalized spacial score (nSPS) is 10.6. The van der Waals surface area contributed by atoms with Crippen LogP contribution in [0, 0.1) is 6.92 Å². The maximum Gasteiger partial charge on any atom is 0.358 e. The van der Waals surface area contributed by atoms with Crippen LogP contribution in [0.5, 0.6) is 0 Å². The first-order valence-electron chi connectivity index (χ1n) is 6.59. The van der Waals surface area contributed by atoms with Gasteiger partial charge in [-0.05, 0) is 24.6 Å². The summed E-state index contributed by atoms with van der Waals surface area (Å²) in [4.78, 5) is 11.4. The van der Waals surface area contributed by atoms with Gasteiger partial charge in [0.1, 0.15) is 5.69 Å². The van der Waals surface area contributed by atoms with Crippen molar-refractivity contribution >= 4 is 17.6 Å². The van der Waals surface area contributed by atoms with Crippen molar-refractivity contribution in [3.8, 4) is 16.9 Å². The van der Waals surface area contributed by atoms with Crippen molar-refractivity contribution in [1.82, 2.24) is 15.0 Å². The smallest absolute Gasteiger partial charge is 0.358 e. The number of hydrogen-bond acceptors (Lipinski definition) is 3. The van der Waals surface area contributed by atoms with E-state index in [1.807, 2.05) is 49.4 Å². The molecule has 110 valence electrons. The molecule has 1 N–H and O–H groups in total. The van der Waals surface area contributed by atoms with E-state index < -0.39 is 5.97 Å². The molecule has 2 aromatic carbocycles. The zero-order chi connectivity index (χ0) is 15.7. The molecule has 22 heavy (non-hydrogen) atoms. The third-order valence-corrected chi connectivity index (χ3v) is 3.73. The first-order chi connectivity index (χ1) is 10.6. The highest BCUT2D eigenvalue weighted by atomic mass is 35.5. The average molecular weight is 314 g/mol. The van der Waals surface area contributed by atoms with Crippen molar-refractivity contribution in [2.45, 2.75) is 6.92 Å².